The Kier molecular flexibility index (Phi) is 2.92. The number of benzene rings is 1. The summed E-state index contributed by atoms with van der Waals surface area (Å²) in [6, 6.07) is 12.4. The van der Waals surface area contributed by atoms with Gasteiger partial charge in [0, 0.05) is 18.5 Å². The van der Waals surface area contributed by atoms with Crippen LogP contribution in [0.5, 0.6) is 0 Å². The molecule has 2 unspecified atom stereocenters. The maximum absolute atomic E-state index is 9.77. The van der Waals surface area contributed by atoms with E-state index >= 15 is 0 Å². The summed E-state index contributed by atoms with van der Waals surface area (Å²) in [6.07, 6.45) is 0.664. The van der Waals surface area contributed by atoms with Crippen molar-refractivity contribution >= 4 is 16.7 Å². The van der Waals surface area contributed by atoms with Crippen LogP contribution in [0.3, 0.4) is 0 Å². The quantitative estimate of drug-likeness (QED) is 0.834. The minimum absolute atomic E-state index is 0.165. The second-order valence-electron chi connectivity index (χ2n) is 5.14. The molecule has 1 fully saturated rings. The summed E-state index contributed by atoms with van der Waals surface area (Å²) in [7, 11) is 0. The van der Waals surface area contributed by atoms with E-state index in [-0.39, 0.29) is 6.10 Å². The number of aliphatic hydroxyl groups is 1. The van der Waals surface area contributed by atoms with Gasteiger partial charge < -0.3 is 10.0 Å². The molecule has 1 aliphatic rings. The molecule has 1 aromatic heterocycles. The number of fused-ring (bicyclic) bond motifs is 1. The molecule has 0 aliphatic carbocycles. The van der Waals surface area contributed by atoms with Gasteiger partial charge in [-0.25, -0.2) is 4.98 Å². The lowest BCUT2D eigenvalue weighted by atomic mass is 9.97. The van der Waals surface area contributed by atoms with Crippen molar-refractivity contribution in [3.63, 3.8) is 0 Å². The van der Waals surface area contributed by atoms with E-state index in [9.17, 15) is 5.11 Å². The Morgan fingerprint density at radius 1 is 1.22 bits per heavy atom. The summed E-state index contributed by atoms with van der Waals surface area (Å²) in [5.41, 5.74) is 1.04. The van der Waals surface area contributed by atoms with E-state index in [4.69, 9.17) is 4.98 Å². The Balaban J connectivity index is 1.90. The van der Waals surface area contributed by atoms with E-state index in [1.807, 2.05) is 18.2 Å². The van der Waals surface area contributed by atoms with Crippen molar-refractivity contribution in [2.75, 3.05) is 18.0 Å². The Hall–Kier alpha value is -1.61. The van der Waals surface area contributed by atoms with Crippen LogP contribution in [0, 0.1) is 5.92 Å². The molecule has 94 valence electrons. The summed E-state index contributed by atoms with van der Waals surface area (Å²) < 4.78 is 0. The number of anilines is 1. The summed E-state index contributed by atoms with van der Waals surface area (Å²) in [6.45, 7) is 3.86. The third-order valence-electron chi connectivity index (χ3n) is 3.77. The van der Waals surface area contributed by atoms with E-state index in [0.29, 0.717) is 5.92 Å². The Bertz CT molecular complexity index is 555. The lowest BCUT2D eigenvalue weighted by molar-refractivity contribution is 0.0969. The zero-order chi connectivity index (χ0) is 12.5. The molecule has 3 heteroatoms. The number of aromatic nitrogens is 1. The van der Waals surface area contributed by atoms with Crippen molar-refractivity contribution in [2.24, 2.45) is 5.92 Å². The molecular weight excluding hydrogens is 224 g/mol. The maximum Gasteiger partial charge on any atom is 0.129 e. The van der Waals surface area contributed by atoms with Crippen LogP contribution in [-0.2, 0) is 0 Å². The highest BCUT2D eigenvalue weighted by Crippen LogP contribution is 2.23. The van der Waals surface area contributed by atoms with Gasteiger partial charge in [-0.05, 0) is 30.5 Å². The molecule has 2 aromatic rings. The number of aliphatic hydroxyl groups excluding tert-OH is 1. The van der Waals surface area contributed by atoms with Gasteiger partial charge >= 0.3 is 0 Å². The fraction of sp³-hybridized carbons (Fsp3) is 0.400. The predicted octanol–water partition coefficient (Wildman–Crippen LogP) is 2.44. The highest BCUT2D eigenvalue weighted by atomic mass is 16.3. The summed E-state index contributed by atoms with van der Waals surface area (Å²) in [5.74, 6) is 1.33. The zero-order valence-corrected chi connectivity index (χ0v) is 10.6. The van der Waals surface area contributed by atoms with E-state index in [1.54, 1.807) is 0 Å². The zero-order valence-electron chi connectivity index (χ0n) is 10.6. The molecule has 0 spiro atoms. The van der Waals surface area contributed by atoms with Crippen LogP contribution in [0.4, 0.5) is 5.82 Å². The maximum atomic E-state index is 9.77. The van der Waals surface area contributed by atoms with Gasteiger partial charge in [-0.15, -0.1) is 0 Å². The lowest BCUT2D eigenvalue weighted by Crippen LogP contribution is -2.42. The van der Waals surface area contributed by atoms with Gasteiger partial charge in [-0.1, -0.05) is 25.1 Å². The number of piperidine rings is 1. The third kappa shape index (κ3) is 2.06. The molecule has 1 N–H and O–H groups in total. The summed E-state index contributed by atoms with van der Waals surface area (Å²) in [5, 5.41) is 10.9. The molecule has 18 heavy (non-hydrogen) atoms. The Morgan fingerprint density at radius 2 is 2.06 bits per heavy atom. The van der Waals surface area contributed by atoms with Crippen molar-refractivity contribution in [2.45, 2.75) is 19.4 Å². The van der Waals surface area contributed by atoms with Crippen molar-refractivity contribution < 1.29 is 5.11 Å². The second-order valence-corrected chi connectivity index (χ2v) is 5.14. The van der Waals surface area contributed by atoms with Crippen molar-refractivity contribution in [1.29, 1.82) is 0 Å². The minimum Gasteiger partial charge on any atom is -0.393 e. The average molecular weight is 242 g/mol. The summed E-state index contributed by atoms with van der Waals surface area (Å²) >= 11 is 0. The number of para-hydroxylation sites is 1. The van der Waals surface area contributed by atoms with Gasteiger partial charge in [-0.3, -0.25) is 0 Å². The topological polar surface area (TPSA) is 36.4 Å². The van der Waals surface area contributed by atoms with Gasteiger partial charge in [0.05, 0.1) is 11.6 Å². The third-order valence-corrected chi connectivity index (χ3v) is 3.77. The van der Waals surface area contributed by atoms with Crippen LogP contribution >= 0.6 is 0 Å². The van der Waals surface area contributed by atoms with Crippen LogP contribution in [0.1, 0.15) is 13.3 Å². The lowest BCUT2D eigenvalue weighted by Gasteiger charge is -2.35. The average Bonchev–Trinajstić information content (AvgIpc) is 2.41. The van der Waals surface area contributed by atoms with Gasteiger partial charge in [0.15, 0.2) is 0 Å². The fourth-order valence-electron chi connectivity index (χ4n) is 2.57. The monoisotopic (exact) mass is 242 g/mol. The van der Waals surface area contributed by atoms with Crippen LogP contribution in [0.2, 0.25) is 0 Å². The minimum atomic E-state index is -0.165. The first kappa shape index (κ1) is 11.5. The number of hydrogen-bond acceptors (Lipinski definition) is 3. The molecule has 0 amide bonds. The molecule has 1 aliphatic heterocycles. The molecule has 1 saturated heterocycles. The standard InChI is InChI=1S/C15H18N2O/c1-11-10-17(9-8-14(11)18)15-7-6-12-4-2-3-5-13(12)16-15/h2-7,11,14,18H,8-10H2,1H3. The molecule has 1 aromatic carbocycles. The molecule has 0 bridgehead atoms. The number of nitrogens with zero attached hydrogens (tertiary/aromatic N) is 2. The van der Waals surface area contributed by atoms with Gasteiger partial charge in [0.1, 0.15) is 5.82 Å². The van der Waals surface area contributed by atoms with Gasteiger partial charge in [0.25, 0.3) is 0 Å². The first-order valence-electron chi connectivity index (χ1n) is 6.53. The van der Waals surface area contributed by atoms with Crippen molar-refractivity contribution in [3.05, 3.63) is 36.4 Å². The predicted molar refractivity (Wildman–Crippen MR) is 73.7 cm³/mol. The number of rotatable bonds is 1. The molecule has 3 nitrogen and oxygen atoms in total. The Labute approximate surface area is 107 Å². The fourth-order valence-corrected chi connectivity index (χ4v) is 2.57. The number of pyridine rings is 1. The smallest absolute Gasteiger partial charge is 0.129 e. The van der Waals surface area contributed by atoms with Crippen molar-refractivity contribution in [1.82, 2.24) is 4.98 Å². The first-order valence-corrected chi connectivity index (χ1v) is 6.53. The van der Waals surface area contributed by atoms with E-state index in [2.05, 4.69) is 30.0 Å². The van der Waals surface area contributed by atoms with E-state index < -0.39 is 0 Å². The normalized spacial score (nSPS) is 24.4. The molecule has 2 atom stereocenters. The largest absolute Gasteiger partial charge is 0.393 e. The number of hydrogen-bond donors (Lipinski definition) is 1. The molecule has 0 radical (unpaired) electrons. The van der Waals surface area contributed by atoms with E-state index in [0.717, 1.165) is 30.8 Å². The molecule has 2 heterocycles. The van der Waals surface area contributed by atoms with Crippen LogP contribution < -0.4 is 4.90 Å². The van der Waals surface area contributed by atoms with Crippen LogP contribution in [0.25, 0.3) is 10.9 Å². The second kappa shape index (κ2) is 4.58. The first-order chi connectivity index (χ1) is 8.74. The Morgan fingerprint density at radius 3 is 2.89 bits per heavy atom. The molecule has 0 saturated carbocycles. The van der Waals surface area contributed by atoms with Gasteiger partial charge in [-0.2, -0.15) is 0 Å². The highest BCUT2D eigenvalue weighted by molar-refractivity contribution is 5.80. The molecule has 3 rings (SSSR count). The highest BCUT2D eigenvalue weighted by Gasteiger charge is 2.24. The SMILES string of the molecule is CC1CN(c2ccc3ccccc3n2)CCC1O. The van der Waals surface area contributed by atoms with Crippen LogP contribution in [-0.4, -0.2) is 29.3 Å². The molecular formula is C15H18N2O. The van der Waals surface area contributed by atoms with Crippen LogP contribution in [0.15, 0.2) is 36.4 Å². The van der Waals surface area contributed by atoms with E-state index in [1.165, 1.54) is 5.39 Å². The summed E-state index contributed by atoms with van der Waals surface area (Å²) in [4.78, 5) is 6.97. The van der Waals surface area contributed by atoms with Crippen molar-refractivity contribution in [3.8, 4) is 0 Å². The van der Waals surface area contributed by atoms with Gasteiger partial charge in [0.2, 0.25) is 0 Å².